The Balaban J connectivity index is 2.43. The average molecular weight is 276 g/mol. The Hall–Kier alpha value is -1.74. The molecule has 2 aromatic carbocycles. The number of halogens is 2. The molecule has 0 radical (unpaired) electrons. The molecular formula is C17H18F2O. The summed E-state index contributed by atoms with van der Waals surface area (Å²) >= 11 is 0. The van der Waals surface area contributed by atoms with Crippen LogP contribution >= 0.6 is 0 Å². The van der Waals surface area contributed by atoms with Crippen molar-refractivity contribution in [3.05, 3.63) is 70.3 Å². The molecule has 0 bridgehead atoms. The summed E-state index contributed by atoms with van der Waals surface area (Å²) in [5, 5.41) is 10.6. The van der Waals surface area contributed by atoms with Crippen molar-refractivity contribution >= 4 is 0 Å². The average Bonchev–Trinajstić information content (AvgIpc) is 2.30. The first-order valence-corrected chi connectivity index (χ1v) is 6.54. The topological polar surface area (TPSA) is 20.2 Å². The molecule has 0 aliphatic carbocycles. The summed E-state index contributed by atoms with van der Waals surface area (Å²) in [5.41, 5.74) is 0.613. The minimum Gasteiger partial charge on any atom is -0.385 e. The predicted molar refractivity (Wildman–Crippen MR) is 75.5 cm³/mol. The molecule has 20 heavy (non-hydrogen) atoms. The molecule has 0 heterocycles. The van der Waals surface area contributed by atoms with Crippen molar-refractivity contribution in [3.63, 3.8) is 0 Å². The molecule has 0 spiro atoms. The van der Waals surface area contributed by atoms with E-state index in [1.807, 2.05) is 6.07 Å². The van der Waals surface area contributed by atoms with E-state index in [1.54, 1.807) is 32.0 Å². The lowest BCUT2D eigenvalue weighted by Crippen LogP contribution is -2.27. The Morgan fingerprint density at radius 1 is 1.05 bits per heavy atom. The lowest BCUT2D eigenvalue weighted by molar-refractivity contribution is 0.0522. The summed E-state index contributed by atoms with van der Waals surface area (Å²) in [6.07, 6.45) is 0.0283. The summed E-state index contributed by atoms with van der Waals surface area (Å²) < 4.78 is 27.9. The maximum absolute atomic E-state index is 14.2. The first-order valence-electron chi connectivity index (χ1n) is 6.54. The van der Waals surface area contributed by atoms with E-state index in [0.29, 0.717) is 11.1 Å². The van der Waals surface area contributed by atoms with Gasteiger partial charge in [0.2, 0.25) is 0 Å². The fourth-order valence-electron chi connectivity index (χ4n) is 2.70. The molecule has 0 fully saturated rings. The fourth-order valence-corrected chi connectivity index (χ4v) is 2.70. The third-order valence-corrected chi connectivity index (χ3v) is 3.46. The quantitative estimate of drug-likeness (QED) is 0.897. The third kappa shape index (κ3) is 2.88. The van der Waals surface area contributed by atoms with E-state index in [4.69, 9.17) is 0 Å². The Morgan fingerprint density at radius 2 is 1.70 bits per heavy atom. The highest BCUT2D eigenvalue weighted by atomic mass is 19.1. The summed E-state index contributed by atoms with van der Waals surface area (Å²) in [6, 6.07) is 9.43. The lowest BCUT2D eigenvalue weighted by Gasteiger charge is -2.27. The second-order valence-electron chi connectivity index (χ2n) is 5.48. The molecule has 1 nitrogen and oxygen atoms in total. The van der Waals surface area contributed by atoms with Gasteiger partial charge in [-0.3, -0.25) is 0 Å². The molecule has 1 atom stereocenters. The molecule has 2 aromatic rings. The van der Waals surface area contributed by atoms with Gasteiger partial charge in [-0.1, -0.05) is 24.3 Å². The Labute approximate surface area is 117 Å². The molecule has 1 unspecified atom stereocenters. The van der Waals surface area contributed by atoms with Crippen molar-refractivity contribution in [3.8, 4) is 0 Å². The largest absolute Gasteiger partial charge is 0.385 e. The fraction of sp³-hybridized carbons (Fsp3) is 0.294. The molecule has 0 aliphatic heterocycles. The highest BCUT2D eigenvalue weighted by Crippen LogP contribution is 2.31. The Morgan fingerprint density at radius 3 is 2.30 bits per heavy atom. The van der Waals surface area contributed by atoms with Crippen LogP contribution in [0.4, 0.5) is 8.78 Å². The van der Waals surface area contributed by atoms with Crippen LogP contribution < -0.4 is 0 Å². The molecule has 0 saturated carbocycles. The third-order valence-electron chi connectivity index (χ3n) is 3.46. The summed E-state index contributed by atoms with van der Waals surface area (Å²) in [5.74, 6) is -0.846. The van der Waals surface area contributed by atoms with Crippen LogP contribution in [0.5, 0.6) is 0 Å². The molecule has 1 N–H and O–H groups in total. The lowest BCUT2D eigenvalue weighted by atomic mass is 9.85. The number of benzene rings is 2. The van der Waals surface area contributed by atoms with Crippen molar-refractivity contribution in [1.82, 2.24) is 0 Å². The molecule has 0 aliphatic rings. The van der Waals surface area contributed by atoms with Crippen molar-refractivity contribution < 1.29 is 13.9 Å². The second kappa shape index (κ2) is 5.33. The first kappa shape index (κ1) is 14.7. The molecule has 3 heteroatoms. The van der Waals surface area contributed by atoms with E-state index in [0.717, 1.165) is 5.56 Å². The number of hydrogen-bond donors (Lipinski definition) is 1. The highest BCUT2D eigenvalue weighted by Gasteiger charge is 2.29. The van der Waals surface area contributed by atoms with Gasteiger partial charge in [0.1, 0.15) is 11.6 Å². The number of aliphatic hydroxyl groups is 1. The van der Waals surface area contributed by atoms with Crippen molar-refractivity contribution in [2.45, 2.75) is 32.8 Å². The second-order valence-corrected chi connectivity index (χ2v) is 5.48. The Bertz CT molecular complexity index is 610. The number of hydrogen-bond acceptors (Lipinski definition) is 1. The normalized spacial score (nSPS) is 14.1. The van der Waals surface area contributed by atoms with Crippen LogP contribution in [-0.2, 0) is 12.0 Å². The van der Waals surface area contributed by atoms with Gasteiger partial charge in [0.05, 0.1) is 5.60 Å². The van der Waals surface area contributed by atoms with Crippen LogP contribution in [0.2, 0.25) is 0 Å². The van der Waals surface area contributed by atoms with Gasteiger partial charge in [0, 0.05) is 12.0 Å². The summed E-state index contributed by atoms with van der Waals surface area (Å²) in [7, 11) is 0. The number of rotatable bonds is 3. The molecule has 0 saturated heterocycles. The van der Waals surface area contributed by atoms with Gasteiger partial charge in [-0.05, 0) is 49.6 Å². The first-order chi connectivity index (χ1) is 9.31. The van der Waals surface area contributed by atoms with Crippen molar-refractivity contribution in [1.29, 1.82) is 0 Å². The smallest absolute Gasteiger partial charge is 0.129 e. The maximum atomic E-state index is 14.2. The zero-order valence-electron chi connectivity index (χ0n) is 11.9. The number of aryl methyl sites for hydroxylation is 2. The van der Waals surface area contributed by atoms with Crippen LogP contribution in [0.1, 0.15) is 29.2 Å². The van der Waals surface area contributed by atoms with Crippen molar-refractivity contribution in [2.75, 3.05) is 0 Å². The summed E-state index contributed by atoms with van der Waals surface area (Å²) in [6.45, 7) is 5.06. The van der Waals surface area contributed by atoms with Gasteiger partial charge in [-0.25, -0.2) is 8.78 Å². The zero-order valence-corrected chi connectivity index (χ0v) is 11.9. The van der Waals surface area contributed by atoms with Gasteiger partial charge >= 0.3 is 0 Å². The molecule has 106 valence electrons. The van der Waals surface area contributed by atoms with Crippen LogP contribution in [0.15, 0.2) is 36.4 Å². The zero-order chi connectivity index (χ0) is 14.9. The van der Waals surface area contributed by atoms with E-state index in [1.165, 1.54) is 19.1 Å². The van der Waals surface area contributed by atoms with Crippen LogP contribution in [0.3, 0.4) is 0 Å². The van der Waals surface area contributed by atoms with Crippen molar-refractivity contribution in [2.24, 2.45) is 0 Å². The van der Waals surface area contributed by atoms with Gasteiger partial charge in [0.15, 0.2) is 0 Å². The van der Waals surface area contributed by atoms with E-state index in [-0.39, 0.29) is 12.0 Å². The highest BCUT2D eigenvalue weighted by molar-refractivity contribution is 5.37. The molecular weight excluding hydrogens is 258 g/mol. The van der Waals surface area contributed by atoms with E-state index in [2.05, 4.69) is 0 Å². The minimum atomic E-state index is -1.45. The van der Waals surface area contributed by atoms with E-state index < -0.39 is 17.2 Å². The standard InChI is InChI=1S/C17H18F2O/c1-11-8-12(2)16(15(19)9-11)17(3,20)10-13-6-4-5-7-14(13)18/h4-9,20H,10H2,1-3H3. The van der Waals surface area contributed by atoms with E-state index in [9.17, 15) is 13.9 Å². The van der Waals surface area contributed by atoms with Gasteiger partial charge < -0.3 is 5.11 Å². The van der Waals surface area contributed by atoms with Crippen LogP contribution in [-0.4, -0.2) is 5.11 Å². The van der Waals surface area contributed by atoms with Gasteiger partial charge in [-0.15, -0.1) is 0 Å². The van der Waals surface area contributed by atoms with E-state index >= 15 is 0 Å². The SMILES string of the molecule is Cc1cc(C)c(C(C)(O)Cc2ccccc2F)c(F)c1. The molecule has 0 amide bonds. The minimum absolute atomic E-state index is 0.0283. The summed E-state index contributed by atoms with van der Waals surface area (Å²) in [4.78, 5) is 0. The molecule has 2 rings (SSSR count). The monoisotopic (exact) mass is 276 g/mol. The van der Waals surface area contributed by atoms with Crippen LogP contribution in [0, 0.1) is 25.5 Å². The molecule has 0 aromatic heterocycles. The van der Waals surface area contributed by atoms with Gasteiger partial charge in [-0.2, -0.15) is 0 Å². The van der Waals surface area contributed by atoms with Crippen LogP contribution in [0.25, 0.3) is 0 Å². The Kier molecular flexibility index (Phi) is 3.91. The maximum Gasteiger partial charge on any atom is 0.129 e. The van der Waals surface area contributed by atoms with Gasteiger partial charge in [0.25, 0.3) is 0 Å². The predicted octanol–water partition coefficient (Wildman–Crippen LogP) is 4.03.